The van der Waals surface area contributed by atoms with E-state index >= 15 is 8.78 Å². The first-order valence-electron chi connectivity index (χ1n) is 22.3. The van der Waals surface area contributed by atoms with Gasteiger partial charge in [0.05, 0.1) is 42.6 Å². The third-order valence-corrected chi connectivity index (χ3v) is 15.0. The summed E-state index contributed by atoms with van der Waals surface area (Å²) in [5.74, 6) is -1.89. The number of hydrogen-bond donors (Lipinski definition) is 2. The molecule has 4 aromatic rings. The monoisotopic (exact) mass is 883 g/mol. The summed E-state index contributed by atoms with van der Waals surface area (Å²) in [5.41, 5.74) is 4.63. The fourth-order valence-electron chi connectivity index (χ4n) is 11.7. The van der Waals surface area contributed by atoms with Crippen LogP contribution in [-0.4, -0.2) is 143 Å². The lowest BCUT2D eigenvalue weighted by Crippen LogP contribution is -2.64. The molecule has 18 heteroatoms. The highest BCUT2D eigenvalue weighted by atomic mass is 19.3. The number of carbonyl (C=O) groups excluding carboxylic acids is 4. The molecule has 0 radical (unpaired) electrons. The molecule has 3 aromatic carbocycles. The summed E-state index contributed by atoms with van der Waals surface area (Å²) in [4.78, 5) is 62.6. The fourth-order valence-corrected chi connectivity index (χ4v) is 11.7. The minimum atomic E-state index is -2.68. The summed E-state index contributed by atoms with van der Waals surface area (Å²) >= 11 is 0. The van der Waals surface area contributed by atoms with E-state index in [-0.39, 0.29) is 47.7 Å². The van der Waals surface area contributed by atoms with Crippen molar-refractivity contribution in [3.05, 3.63) is 82.0 Å². The van der Waals surface area contributed by atoms with Crippen molar-refractivity contribution in [2.75, 3.05) is 75.3 Å². The Morgan fingerprint density at radius 1 is 1.00 bits per heavy atom. The Bertz CT molecular complexity index is 2570. The molecule has 8 heterocycles. The standard InChI is InChI=1S/C46H49F4N9O5/c1-25-12-31-29(2-3-35-32(31)17-51-53-35)43(58(25)20-39(49)50)42-33(47)14-27(15-34(42)48)55-8-6-46(7-9-55)23-54(24-46)21-41(61)56-10-11-57-28(19-56)22-64-38-16-30-26(13-37(38)57)18-59(45(30)63)36-4-5-40(60)52-44(36)62/h2-3,13-17,25,28,36,39,43H,4-12,18-24H2,1H3,(H,51,53)(H,52,60,62)/t25-,28+,36?,43+/m1/s1. The number of nitrogens with zero attached hydrogens (tertiary/aromatic N) is 7. The van der Waals surface area contributed by atoms with Crippen LogP contribution >= 0.6 is 0 Å². The molecular weight excluding hydrogens is 835 g/mol. The van der Waals surface area contributed by atoms with Gasteiger partial charge < -0.3 is 24.3 Å². The molecule has 336 valence electrons. The number of aromatic amines is 1. The summed E-state index contributed by atoms with van der Waals surface area (Å²) in [7, 11) is 0. The highest BCUT2D eigenvalue weighted by Crippen LogP contribution is 2.46. The Morgan fingerprint density at radius 3 is 2.53 bits per heavy atom. The van der Waals surface area contributed by atoms with Crippen LogP contribution in [0.25, 0.3) is 10.9 Å². The van der Waals surface area contributed by atoms with Gasteiger partial charge in [0.25, 0.3) is 12.3 Å². The Morgan fingerprint density at radius 2 is 1.78 bits per heavy atom. The van der Waals surface area contributed by atoms with E-state index in [2.05, 4.69) is 25.3 Å². The maximum atomic E-state index is 16.3. The summed E-state index contributed by atoms with van der Waals surface area (Å²) in [6, 6.07) is 7.78. The molecule has 1 spiro atoms. The Labute approximate surface area is 366 Å². The van der Waals surface area contributed by atoms with Crippen LogP contribution in [0, 0.1) is 17.0 Å². The SMILES string of the molecule is C[C@@H]1Cc2c(ccc3[nH]ncc23)[C@@H](c2c(F)cc(N3CCC4(CC3)CN(CC(=O)N3CCN5c6cc7c(cc6OC[C@@H]5C3)C(=O)N(C3CCC(=O)NC3=O)C7)C4)cc2F)N1CC(F)F. The van der Waals surface area contributed by atoms with Gasteiger partial charge in [0.15, 0.2) is 0 Å². The molecule has 11 rings (SSSR count). The highest BCUT2D eigenvalue weighted by molar-refractivity contribution is 6.06. The summed E-state index contributed by atoms with van der Waals surface area (Å²) in [5, 5.41) is 10.2. The summed E-state index contributed by atoms with van der Waals surface area (Å²) < 4.78 is 66.7. The molecule has 1 unspecified atom stereocenters. The predicted octanol–water partition coefficient (Wildman–Crippen LogP) is 4.22. The van der Waals surface area contributed by atoms with Crippen molar-refractivity contribution in [1.82, 2.24) is 35.1 Å². The predicted molar refractivity (Wildman–Crippen MR) is 226 cm³/mol. The molecular formula is C46H49F4N9O5. The number of fused-ring (bicyclic) bond motifs is 7. The number of amides is 4. The van der Waals surface area contributed by atoms with E-state index in [0.717, 1.165) is 53.6 Å². The minimum absolute atomic E-state index is 0.0129. The molecule has 7 aliphatic heterocycles. The van der Waals surface area contributed by atoms with E-state index < -0.39 is 48.6 Å². The first-order chi connectivity index (χ1) is 30.8. The number of hydrogen-bond acceptors (Lipinski definition) is 10. The number of imide groups is 1. The van der Waals surface area contributed by atoms with Gasteiger partial charge in [-0.1, -0.05) is 6.07 Å². The molecule has 7 aliphatic rings. The van der Waals surface area contributed by atoms with Crippen LogP contribution < -0.4 is 19.9 Å². The fraction of sp³-hybridized carbons (Fsp3) is 0.500. The second-order valence-electron chi connectivity index (χ2n) is 18.8. The maximum Gasteiger partial charge on any atom is 0.255 e. The number of H-pyrrole nitrogens is 1. The van der Waals surface area contributed by atoms with Crippen LogP contribution in [0.15, 0.2) is 42.6 Å². The molecule has 0 aliphatic carbocycles. The third-order valence-electron chi connectivity index (χ3n) is 15.0. The van der Waals surface area contributed by atoms with Crippen LogP contribution in [0.2, 0.25) is 0 Å². The number of anilines is 2. The number of nitrogens with one attached hydrogen (secondary N) is 2. The molecule has 1 aromatic heterocycles. The molecule has 0 saturated carbocycles. The third kappa shape index (κ3) is 6.86. The van der Waals surface area contributed by atoms with Gasteiger partial charge in [0.1, 0.15) is 30.0 Å². The lowest BCUT2D eigenvalue weighted by molar-refractivity contribution is -0.138. The van der Waals surface area contributed by atoms with Crippen molar-refractivity contribution in [3.63, 3.8) is 0 Å². The van der Waals surface area contributed by atoms with E-state index in [0.29, 0.717) is 81.3 Å². The number of benzene rings is 3. The number of rotatable bonds is 7. The van der Waals surface area contributed by atoms with Gasteiger partial charge in [-0.05, 0) is 85.0 Å². The minimum Gasteiger partial charge on any atom is -0.489 e. The van der Waals surface area contributed by atoms with Crippen molar-refractivity contribution in [2.24, 2.45) is 5.41 Å². The smallest absolute Gasteiger partial charge is 0.255 e. The van der Waals surface area contributed by atoms with Crippen molar-refractivity contribution < 1.29 is 41.5 Å². The van der Waals surface area contributed by atoms with Gasteiger partial charge in [-0.3, -0.25) is 39.4 Å². The zero-order valence-corrected chi connectivity index (χ0v) is 35.4. The second kappa shape index (κ2) is 15.5. The van der Waals surface area contributed by atoms with Gasteiger partial charge in [0, 0.05) is 87.0 Å². The topological polar surface area (TPSA) is 138 Å². The number of piperazine rings is 1. The van der Waals surface area contributed by atoms with Gasteiger partial charge in [0.2, 0.25) is 17.7 Å². The lowest BCUT2D eigenvalue weighted by Gasteiger charge is -2.54. The van der Waals surface area contributed by atoms with Gasteiger partial charge in [-0.25, -0.2) is 17.6 Å². The number of carbonyl (C=O) groups is 4. The highest BCUT2D eigenvalue weighted by Gasteiger charge is 2.47. The molecule has 4 atom stereocenters. The van der Waals surface area contributed by atoms with Crippen LogP contribution in [0.1, 0.15) is 71.3 Å². The van der Waals surface area contributed by atoms with Crippen molar-refractivity contribution in [3.8, 4) is 5.75 Å². The first-order valence-corrected chi connectivity index (χ1v) is 22.3. The van der Waals surface area contributed by atoms with E-state index in [1.54, 1.807) is 24.4 Å². The van der Waals surface area contributed by atoms with Gasteiger partial charge in [-0.2, -0.15) is 5.10 Å². The molecule has 4 fully saturated rings. The Hall–Kier alpha value is -5.75. The number of aromatic nitrogens is 2. The van der Waals surface area contributed by atoms with E-state index in [9.17, 15) is 28.0 Å². The van der Waals surface area contributed by atoms with Gasteiger partial charge >= 0.3 is 0 Å². The molecule has 4 saturated heterocycles. The second-order valence-corrected chi connectivity index (χ2v) is 18.8. The van der Waals surface area contributed by atoms with Crippen LogP contribution in [0.3, 0.4) is 0 Å². The number of ether oxygens (including phenoxy) is 1. The Kier molecular flexibility index (Phi) is 9.90. The van der Waals surface area contributed by atoms with Crippen molar-refractivity contribution in [1.29, 1.82) is 0 Å². The average Bonchev–Trinajstić information content (AvgIpc) is 3.87. The average molecular weight is 884 g/mol. The number of alkyl halides is 2. The Balaban J connectivity index is 0.701. The zero-order valence-electron chi connectivity index (χ0n) is 35.4. The van der Waals surface area contributed by atoms with E-state index in [1.165, 1.54) is 21.9 Å². The molecule has 4 amide bonds. The normalized spacial score (nSPS) is 25.6. The molecule has 14 nitrogen and oxygen atoms in total. The van der Waals surface area contributed by atoms with Crippen molar-refractivity contribution in [2.45, 2.75) is 76.2 Å². The zero-order chi connectivity index (χ0) is 44.2. The summed E-state index contributed by atoms with van der Waals surface area (Å²) in [6.45, 7) is 6.49. The van der Waals surface area contributed by atoms with Crippen LogP contribution in [0.4, 0.5) is 28.9 Å². The molecule has 0 bridgehead atoms. The van der Waals surface area contributed by atoms with E-state index in [1.807, 2.05) is 22.8 Å². The van der Waals surface area contributed by atoms with Crippen molar-refractivity contribution >= 4 is 45.9 Å². The molecule has 64 heavy (non-hydrogen) atoms. The lowest BCUT2D eigenvalue weighted by atomic mass is 9.72. The van der Waals surface area contributed by atoms with Crippen LogP contribution in [0.5, 0.6) is 5.75 Å². The summed E-state index contributed by atoms with van der Waals surface area (Å²) in [6.07, 6.45) is 1.53. The van der Waals surface area contributed by atoms with Gasteiger partial charge in [-0.15, -0.1) is 0 Å². The first kappa shape index (κ1) is 41.0. The number of piperidine rings is 2. The number of halogens is 4. The van der Waals surface area contributed by atoms with E-state index in [4.69, 9.17) is 4.74 Å². The quantitative estimate of drug-likeness (QED) is 0.205. The number of likely N-dealkylation sites (tertiary alicyclic amines) is 1. The largest absolute Gasteiger partial charge is 0.489 e. The van der Waals surface area contributed by atoms with Crippen LogP contribution in [-0.2, 0) is 27.3 Å². The molecule has 2 N–H and O–H groups in total. The maximum absolute atomic E-state index is 16.3.